The number of carbonyl (C=O) groups excluding carboxylic acids is 1. The maximum atomic E-state index is 13.2. The Morgan fingerprint density at radius 2 is 2.13 bits per heavy atom. The number of aromatic nitrogens is 2. The number of fused-ring (bicyclic) bond motifs is 1. The number of pyridine rings is 1. The van der Waals surface area contributed by atoms with Crippen LogP contribution in [0.15, 0.2) is 65.6 Å². The zero-order valence-corrected chi connectivity index (χ0v) is 16.8. The fraction of sp³-hybridized carbons (Fsp3) is 0.0909. The first kappa shape index (κ1) is 20.8. The summed E-state index contributed by atoms with van der Waals surface area (Å²) in [4.78, 5) is 29.9. The number of amides is 1. The molecular formula is C22H17ClN4O3. The van der Waals surface area contributed by atoms with E-state index in [9.17, 15) is 14.9 Å². The standard InChI is InChI=1S/C22H17ClN4O3/c1-3-10-25-20(28)15(13-24)12-16-21(30-18-9-5-4-8-17(18)23)26-19-14(2)7-6-11-27(19)22(16)29/h3-9,11-12H,1,10H2,2H3,(H,25,28). The van der Waals surface area contributed by atoms with Gasteiger partial charge in [0.05, 0.1) is 5.02 Å². The van der Waals surface area contributed by atoms with Crippen LogP contribution in [-0.2, 0) is 4.79 Å². The first-order valence-electron chi connectivity index (χ1n) is 8.91. The normalized spacial score (nSPS) is 11.0. The quantitative estimate of drug-likeness (QED) is 0.373. The summed E-state index contributed by atoms with van der Waals surface area (Å²) in [7, 11) is 0. The van der Waals surface area contributed by atoms with Crippen LogP contribution >= 0.6 is 11.6 Å². The molecule has 1 aromatic carbocycles. The third-order valence-corrected chi connectivity index (χ3v) is 4.47. The van der Waals surface area contributed by atoms with Gasteiger partial charge in [-0.3, -0.25) is 14.0 Å². The Morgan fingerprint density at radius 1 is 1.37 bits per heavy atom. The van der Waals surface area contributed by atoms with Gasteiger partial charge in [0.1, 0.15) is 28.6 Å². The summed E-state index contributed by atoms with van der Waals surface area (Å²) in [6.45, 7) is 5.50. The van der Waals surface area contributed by atoms with E-state index in [0.29, 0.717) is 10.7 Å². The van der Waals surface area contributed by atoms with Gasteiger partial charge in [-0.25, -0.2) is 0 Å². The molecule has 0 unspecified atom stereocenters. The molecular weight excluding hydrogens is 404 g/mol. The number of ether oxygens (including phenoxy) is 1. The van der Waals surface area contributed by atoms with Crippen molar-refractivity contribution < 1.29 is 9.53 Å². The molecule has 0 aliphatic rings. The molecule has 0 saturated heterocycles. The largest absolute Gasteiger partial charge is 0.437 e. The Bertz CT molecular complexity index is 1270. The summed E-state index contributed by atoms with van der Waals surface area (Å²) < 4.78 is 7.16. The van der Waals surface area contributed by atoms with Gasteiger partial charge in [-0.05, 0) is 36.8 Å². The van der Waals surface area contributed by atoms with E-state index in [2.05, 4.69) is 16.9 Å². The lowest BCUT2D eigenvalue weighted by molar-refractivity contribution is -0.116. The van der Waals surface area contributed by atoms with E-state index in [1.807, 2.05) is 0 Å². The molecule has 2 heterocycles. The maximum absolute atomic E-state index is 13.2. The van der Waals surface area contributed by atoms with Gasteiger partial charge >= 0.3 is 0 Å². The number of nitrogens with one attached hydrogen (secondary N) is 1. The van der Waals surface area contributed by atoms with Crippen LogP contribution in [0.5, 0.6) is 11.6 Å². The average molecular weight is 421 g/mol. The highest BCUT2D eigenvalue weighted by atomic mass is 35.5. The van der Waals surface area contributed by atoms with Gasteiger partial charge in [0, 0.05) is 12.7 Å². The molecule has 7 nitrogen and oxygen atoms in total. The number of rotatable bonds is 6. The summed E-state index contributed by atoms with van der Waals surface area (Å²) in [5, 5.41) is 12.3. The van der Waals surface area contributed by atoms with Gasteiger partial charge in [-0.15, -0.1) is 6.58 Å². The molecule has 1 amide bonds. The lowest BCUT2D eigenvalue weighted by Gasteiger charge is -2.12. The highest BCUT2D eigenvalue weighted by Crippen LogP contribution is 2.30. The van der Waals surface area contributed by atoms with E-state index in [1.54, 1.807) is 55.6 Å². The van der Waals surface area contributed by atoms with Crippen LogP contribution in [0.1, 0.15) is 11.1 Å². The zero-order chi connectivity index (χ0) is 21.7. The number of para-hydroxylation sites is 1. The number of nitriles is 1. The van der Waals surface area contributed by atoms with Crippen molar-refractivity contribution in [3.8, 4) is 17.7 Å². The molecule has 3 rings (SSSR count). The van der Waals surface area contributed by atoms with Crippen LogP contribution in [0.2, 0.25) is 5.02 Å². The fourth-order valence-electron chi connectivity index (χ4n) is 2.68. The summed E-state index contributed by atoms with van der Waals surface area (Å²) in [5.74, 6) is -0.422. The van der Waals surface area contributed by atoms with Gasteiger partial charge in [0.15, 0.2) is 0 Å². The third-order valence-electron chi connectivity index (χ3n) is 4.15. The smallest absolute Gasteiger partial charge is 0.269 e. The number of nitrogens with zero attached hydrogens (tertiary/aromatic N) is 3. The summed E-state index contributed by atoms with van der Waals surface area (Å²) in [6, 6.07) is 12.0. The maximum Gasteiger partial charge on any atom is 0.269 e. The molecule has 30 heavy (non-hydrogen) atoms. The van der Waals surface area contributed by atoms with Crippen LogP contribution in [0, 0.1) is 18.3 Å². The van der Waals surface area contributed by atoms with E-state index >= 15 is 0 Å². The number of benzene rings is 1. The Hall–Kier alpha value is -3.89. The van der Waals surface area contributed by atoms with Crippen LogP contribution in [-0.4, -0.2) is 21.8 Å². The minimum absolute atomic E-state index is 0.0525. The minimum Gasteiger partial charge on any atom is -0.437 e. The summed E-state index contributed by atoms with van der Waals surface area (Å²) in [6.07, 6.45) is 4.20. The minimum atomic E-state index is -0.644. The second kappa shape index (κ2) is 9.07. The van der Waals surface area contributed by atoms with Crippen LogP contribution in [0.3, 0.4) is 0 Å². The molecule has 0 radical (unpaired) electrons. The Balaban J connectivity index is 2.24. The van der Waals surface area contributed by atoms with E-state index in [-0.39, 0.29) is 29.3 Å². The zero-order valence-electron chi connectivity index (χ0n) is 16.1. The molecule has 1 N–H and O–H groups in total. The third kappa shape index (κ3) is 4.24. The van der Waals surface area contributed by atoms with Crippen molar-refractivity contribution in [1.29, 1.82) is 5.26 Å². The number of halogens is 1. The number of hydrogen-bond donors (Lipinski definition) is 1. The monoisotopic (exact) mass is 420 g/mol. The van der Waals surface area contributed by atoms with Crippen molar-refractivity contribution in [3.63, 3.8) is 0 Å². The van der Waals surface area contributed by atoms with Crippen LogP contribution in [0.25, 0.3) is 11.7 Å². The van der Waals surface area contributed by atoms with Crippen LogP contribution in [0.4, 0.5) is 0 Å². The molecule has 0 saturated carbocycles. The first-order chi connectivity index (χ1) is 14.5. The van der Waals surface area contributed by atoms with Crippen molar-refractivity contribution in [2.45, 2.75) is 6.92 Å². The molecule has 150 valence electrons. The number of hydrogen-bond acceptors (Lipinski definition) is 5. The van der Waals surface area contributed by atoms with Gasteiger partial charge in [0.2, 0.25) is 5.88 Å². The second-order valence-corrected chi connectivity index (χ2v) is 6.63. The number of carbonyl (C=O) groups is 1. The lowest BCUT2D eigenvalue weighted by atomic mass is 10.1. The SMILES string of the molecule is C=CCNC(=O)C(C#N)=Cc1c(Oc2ccccc2Cl)nc2c(C)cccn2c1=O. The van der Waals surface area contributed by atoms with Crippen molar-refractivity contribution in [2.75, 3.05) is 6.54 Å². The Labute approximate surface area is 177 Å². The fourth-order valence-corrected chi connectivity index (χ4v) is 2.85. The molecule has 0 aliphatic heterocycles. The predicted molar refractivity (Wildman–Crippen MR) is 115 cm³/mol. The molecule has 0 fully saturated rings. The van der Waals surface area contributed by atoms with Crippen molar-refractivity contribution >= 4 is 29.2 Å². The summed E-state index contributed by atoms with van der Waals surface area (Å²) >= 11 is 6.18. The highest BCUT2D eigenvalue weighted by Gasteiger charge is 2.18. The molecule has 0 spiro atoms. The van der Waals surface area contributed by atoms with Crippen molar-refractivity contribution in [2.24, 2.45) is 0 Å². The van der Waals surface area contributed by atoms with Crippen LogP contribution < -0.4 is 15.6 Å². The topological polar surface area (TPSA) is 96.5 Å². The van der Waals surface area contributed by atoms with E-state index in [1.165, 1.54) is 10.5 Å². The number of aryl methyl sites for hydroxylation is 1. The van der Waals surface area contributed by atoms with Crippen molar-refractivity contribution in [1.82, 2.24) is 14.7 Å². The molecule has 3 aromatic rings. The molecule has 8 heteroatoms. The molecule has 0 bridgehead atoms. The van der Waals surface area contributed by atoms with Gasteiger partial charge in [-0.2, -0.15) is 10.2 Å². The Morgan fingerprint density at radius 3 is 2.83 bits per heavy atom. The molecule has 0 atom stereocenters. The van der Waals surface area contributed by atoms with Gasteiger partial charge in [0.25, 0.3) is 11.5 Å². The van der Waals surface area contributed by atoms with Gasteiger partial charge < -0.3 is 10.1 Å². The first-order valence-corrected chi connectivity index (χ1v) is 9.29. The molecule has 0 aliphatic carbocycles. The van der Waals surface area contributed by atoms with E-state index in [0.717, 1.165) is 11.6 Å². The van der Waals surface area contributed by atoms with E-state index < -0.39 is 11.5 Å². The molecule has 2 aromatic heterocycles. The van der Waals surface area contributed by atoms with E-state index in [4.69, 9.17) is 16.3 Å². The highest BCUT2D eigenvalue weighted by molar-refractivity contribution is 6.32. The summed E-state index contributed by atoms with van der Waals surface area (Å²) in [5.41, 5.74) is 0.320. The lowest BCUT2D eigenvalue weighted by Crippen LogP contribution is -2.25. The Kier molecular flexibility index (Phi) is 6.30. The van der Waals surface area contributed by atoms with Gasteiger partial charge in [-0.1, -0.05) is 35.9 Å². The second-order valence-electron chi connectivity index (χ2n) is 6.22. The van der Waals surface area contributed by atoms with Crippen molar-refractivity contribution in [3.05, 3.63) is 87.3 Å². The average Bonchev–Trinajstić information content (AvgIpc) is 2.74. The predicted octanol–water partition coefficient (Wildman–Crippen LogP) is 3.66.